The molecule has 0 rings (SSSR count). The lowest BCUT2D eigenvalue weighted by Crippen LogP contribution is -2.30. The number of ether oxygens (including phenoxy) is 3. The highest BCUT2D eigenvalue weighted by Crippen LogP contribution is 2.43. The fourth-order valence-corrected chi connectivity index (χ4v) is 8.36. The molecule has 0 aromatic carbocycles. The van der Waals surface area contributed by atoms with E-state index in [1.807, 2.05) is 0 Å². The Morgan fingerprint density at radius 1 is 0.422 bits per heavy atom. The van der Waals surface area contributed by atoms with Gasteiger partial charge in [0.1, 0.15) is 12.7 Å². The van der Waals surface area contributed by atoms with Crippen LogP contribution < -0.4 is 0 Å². The van der Waals surface area contributed by atoms with E-state index in [-0.39, 0.29) is 25.9 Å². The average molecular weight is 931 g/mol. The number of allylic oxidation sites excluding steroid dienone is 2. The number of carbonyl (C=O) groups is 3. The molecule has 0 heterocycles. The number of hydrogen-bond acceptors (Lipinski definition) is 10. The number of unbranched alkanes of at least 4 members (excludes halogenated alkanes) is 31. The fraction of sp³-hybridized carbons (Fsp3) is 0.904. The SMILES string of the molecule is CCCC/C=C\CCCCCCCC(=O)OC(COC(=O)CCCCCCCCCCCCCCCCCCC)COP(=O)(O)OCC(CO)OC(=O)CCCCCCCCCCC. The molecule has 0 saturated heterocycles. The minimum atomic E-state index is -4.73. The molecule has 0 amide bonds. The molecule has 0 aliphatic rings. The molecule has 0 radical (unpaired) electrons. The Morgan fingerprint density at radius 3 is 1.12 bits per heavy atom. The highest BCUT2D eigenvalue weighted by atomic mass is 31.2. The standard InChI is InChI=1S/C52H99O11P/c1-4-7-10-13-16-19-21-22-23-24-25-26-28-30-32-35-38-41-50(54)59-45-49(63-52(56)43-40-37-34-31-27-20-17-14-11-8-5-2)47-61-64(57,58)60-46-48(44-53)62-51(55)42-39-36-33-29-18-15-12-9-6-3/h14,17,48-49,53H,4-13,15-16,18-47H2,1-3H3,(H,57,58)/b17-14-. The summed E-state index contributed by atoms with van der Waals surface area (Å²) in [7, 11) is -4.73. The second-order valence-corrected chi connectivity index (χ2v) is 19.5. The van der Waals surface area contributed by atoms with Crippen molar-refractivity contribution in [2.45, 2.75) is 277 Å². The molecule has 2 N–H and O–H groups in total. The molecule has 0 bridgehead atoms. The van der Waals surface area contributed by atoms with Gasteiger partial charge in [-0.25, -0.2) is 4.57 Å². The highest BCUT2D eigenvalue weighted by molar-refractivity contribution is 7.47. The number of esters is 3. The van der Waals surface area contributed by atoms with Crippen molar-refractivity contribution in [3.05, 3.63) is 12.2 Å². The third-order valence-corrected chi connectivity index (χ3v) is 12.6. The van der Waals surface area contributed by atoms with Crippen molar-refractivity contribution in [2.75, 3.05) is 26.4 Å². The monoisotopic (exact) mass is 931 g/mol. The van der Waals surface area contributed by atoms with Crippen LogP contribution in [0.2, 0.25) is 0 Å². The number of rotatable bonds is 50. The zero-order chi connectivity index (χ0) is 47.0. The van der Waals surface area contributed by atoms with Gasteiger partial charge in [-0.15, -0.1) is 0 Å². The number of phosphoric acid groups is 1. The van der Waals surface area contributed by atoms with Crippen molar-refractivity contribution in [1.29, 1.82) is 0 Å². The van der Waals surface area contributed by atoms with Gasteiger partial charge in [-0.1, -0.05) is 219 Å². The van der Waals surface area contributed by atoms with E-state index in [1.165, 1.54) is 128 Å². The van der Waals surface area contributed by atoms with Gasteiger partial charge in [-0.3, -0.25) is 23.4 Å². The first-order valence-corrected chi connectivity index (χ1v) is 28.1. The van der Waals surface area contributed by atoms with Crippen molar-refractivity contribution in [3.63, 3.8) is 0 Å². The van der Waals surface area contributed by atoms with Crippen LogP contribution in [0.1, 0.15) is 265 Å². The lowest BCUT2D eigenvalue weighted by molar-refractivity contribution is -0.161. The Balaban J connectivity index is 4.65. The van der Waals surface area contributed by atoms with E-state index in [9.17, 15) is 28.9 Å². The second-order valence-electron chi connectivity index (χ2n) is 18.1. The summed E-state index contributed by atoms with van der Waals surface area (Å²) in [5.41, 5.74) is 0. The summed E-state index contributed by atoms with van der Waals surface area (Å²) in [5.74, 6) is -1.46. The van der Waals surface area contributed by atoms with E-state index in [1.54, 1.807) is 0 Å². The van der Waals surface area contributed by atoms with Gasteiger partial charge in [0, 0.05) is 19.3 Å². The molecule has 0 aliphatic heterocycles. The van der Waals surface area contributed by atoms with Crippen LogP contribution >= 0.6 is 7.82 Å². The lowest BCUT2D eigenvalue weighted by Gasteiger charge is -2.21. The number of phosphoric ester groups is 1. The Bertz CT molecular complexity index is 1130. The van der Waals surface area contributed by atoms with Crippen LogP contribution in [0.3, 0.4) is 0 Å². The van der Waals surface area contributed by atoms with E-state index >= 15 is 0 Å². The quantitative estimate of drug-likeness (QED) is 0.0197. The fourth-order valence-electron chi connectivity index (χ4n) is 7.57. The third-order valence-electron chi connectivity index (χ3n) is 11.7. The molecular formula is C52H99O11P. The predicted octanol–water partition coefficient (Wildman–Crippen LogP) is 14.9. The van der Waals surface area contributed by atoms with Crippen LogP contribution in [0.15, 0.2) is 12.2 Å². The zero-order valence-electron chi connectivity index (χ0n) is 41.5. The number of aliphatic hydroxyl groups excluding tert-OH is 1. The minimum absolute atomic E-state index is 0.163. The number of carbonyl (C=O) groups excluding carboxylic acids is 3. The predicted molar refractivity (Wildman–Crippen MR) is 261 cm³/mol. The summed E-state index contributed by atoms with van der Waals surface area (Å²) in [6.07, 6.45) is 43.3. The molecule has 0 aromatic heterocycles. The number of hydrogen-bond donors (Lipinski definition) is 2. The van der Waals surface area contributed by atoms with Crippen molar-refractivity contribution in [2.24, 2.45) is 0 Å². The summed E-state index contributed by atoms with van der Waals surface area (Å²) in [4.78, 5) is 48.2. The van der Waals surface area contributed by atoms with Crippen molar-refractivity contribution in [1.82, 2.24) is 0 Å². The van der Waals surface area contributed by atoms with Gasteiger partial charge < -0.3 is 24.2 Å². The van der Waals surface area contributed by atoms with Gasteiger partial charge in [0.25, 0.3) is 0 Å². The first kappa shape index (κ1) is 62.2. The van der Waals surface area contributed by atoms with Crippen LogP contribution in [0.25, 0.3) is 0 Å². The molecule has 378 valence electrons. The van der Waals surface area contributed by atoms with Crippen molar-refractivity contribution in [3.8, 4) is 0 Å². The molecule has 0 aliphatic carbocycles. The van der Waals surface area contributed by atoms with Crippen LogP contribution in [0.4, 0.5) is 0 Å². The van der Waals surface area contributed by atoms with Crippen LogP contribution in [0.5, 0.6) is 0 Å². The van der Waals surface area contributed by atoms with E-state index in [2.05, 4.69) is 32.9 Å². The van der Waals surface area contributed by atoms with Crippen LogP contribution in [-0.2, 0) is 42.2 Å². The average Bonchev–Trinajstić information content (AvgIpc) is 3.28. The van der Waals surface area contributed by atoms with Crippen molar-refractivity contribution >= 4 is 25.7 Å². The maximum Gasteiger partial charge on any atom is 0.472 e. The lowest BCUT2D eigenvalue weighted by atomic mass is 10.0. The number of aliphatic hydroxyl groups is 1. The van der Waals surface area contributed by atoms with Crippen molar-refractivity contribution < 1.29 is 52.2 Å². The molecular weight excluding hydrogens is 832 g/mol. The molecule has 3 unspecified atom stereocenters. The summed E-state index contributed by atoms with van der Waals surface area (Å²) in [6.45, 7) is 4.60. The molecule has 64 heavy (non-hydrogen) atoms. The Morgan fingerprint density at radius 2 is 0.734 bits per heavy atom. The minimum Gasteiger partial charge on any atom is -0.462 e. The van der Waals surface area contributed by atoms with E-state index in [0.29, 0.717) is 19.3 Å². The molecule has 0 fully saturated rings. The summed E-state index contributed by atoms with van der Waals surface area (Å²) >= 11 is 0. The smallest absolute Gasteiger partial charge is 0.462 e. The Labute approximate surface area is 392 Å². The van der Waals surface area contributed by atoms with Crippen LogP contribution in [-0.4, -0.2) is 66.5 Å². The van der Waals surface area contributed by atoms with E-state index in [0.717, 1.165) is 77.0 Å². The summed E-state index contributed by atoms with van der Waals surface area (Å²) in [5, 5.41) is 9.73. The third kappa shape index (κ3) is 45.4. The molecule has 12 heteroatoms. The first-order valence-electron chi connectivity index (χ1n) is 26.6. The first-order chi connectivity index (χ1) is 31.2. The normalized spacial score (nSPS) is 13.5. The highest BCUT2D eigenvalue weighted by Gasteiger charge is 2.28. The topological polar surface area (TPSA) is 155 Å². The van der Waals surface area contributed by atoms with Gasteiger partial charge >= 0.3 is 25.7 Å². The van der Waals surface area contributed by atoms with Gasteiger partial charge in [0.2, 0.25) is 0 Å². The van der Waals surface area contributed by atoms with Gasteiger partial charge in [-0.05, 0) is 38.5 Å². The Kier molecular flexibility index (Phi) is 46.4. The largest absolute Gasteiger partial charge is 0.472 e. The molecule has 0 spiro atoms. The summed E-state index contributed by atoms with van der Waals surface area (Å²) in [6, 6.07) is 0. The van der Waals surface area contributed by atoms with Gasteiger partial charge in [-0.2, -0.15) is 0 Å². The molecule has 3 atom stereocenters. The Hall–Kier alpha value is -1.78. The molecule has 11 nitrogen and oxygen atoms in total. The molecule has 0 aromatic rings. The van der Waals surface area contributed by atoms with E-state index in [4.69, 9.17) is 23.3 Å². The maximum atomic E-state index is 12.8. The van der Waals surface area contributed by atoms with Gasteiger partial charge in [0.05, 0.1) is 19.8 Å². The van der Waals surface area contributed by atoms with E-state index < -0.39 is 57.8 Å². The van der Waals surface area contributed by atoms with Gasteiger partial charge in [0.15, 0.2) is 6.10 Å². The van der Waals surface area contributed by atoms with Crippen LogP contribution in [0, 0.1) is 0 Å². The zero-order valence-corrected chi connectivity index (χ0v) is 42.4. The second kappa shape index (κ2) is 47.7. The molecule has 0 saturated carbocycles. The summed E-state index contributed by atoms with van der Waals surface area (Å²) < 4.78 is 39.3. The maximum absolute atomic E-state index is 12.8.